The zero-order chi connectivity index (χ0) is 18.5. The van der Waals surface area contributed by atoms with Gasteiger partial charge in [0, 0.05) is 43.3 Å². The van der Waals surface area contributed by atoms with Crippen molar-refractivity contribution in [2.24, 2.45) is 0 Å². The van der Waals surface area contributed by atoms with Gasteiger partial charge in [0.05, 0.1) is 25.4 Å². The maximum atomic E-state index is 12.6. The molecule has 3 atom stereocenters. The third-order valence-corrected chi connectivity index (χ3v) is 4.55. The molecule has 3 unspecified atom stereocenters. The molecule has 0 radical (unpaired) electrons. The van der Waals surface area contributed by atoms with Crippen molar-refractivity contribution in [2.75, 3.05) is 38.2 Å². The maximum Gasteiger partial charge on any atom is 0.254 e. The first-order valence-corrected chi connectivity index (χ1v) is 9.17. The molecule has 2 heterocycles. The van der Waals surface area contributed by atoms with E-state index in [1.807, 2.05) is 18.7 Å². The Morgan fingerprint density at radius 1 is 1.19 bits per heavy atom. The van der Waals surface area contributed by atoms with Crippen LogP contribution in [0.25, 0.3) is 0 Å². The first-order valence-electron chi connectivity index (χ1n) is 9.17. The van der Waals surface area contributed by atoms with Crippen molar-refractivity contribution in [3.8, 4) is 0 Å². The van der Waals surface area contributed by atoms with Gasteiger partial charge in [0.15, 0.2) is 0 Å². The summed E-state index contributed by atoms with van der Waals surface area (Å²) in [5.41, 5.74) is 1.30. The SMILES string of the molecule is CC1CN(C(=O)c2ccc(NC(=O)CC3COCCN3)cc2)CC(C)O1. The lowest BCUT2D eigenvalue weighted by Gasteiger charge is -2.35. The first-order chi connectivity index (χ1) is 12.5. The largest absolute Gasteiger partial charge is 0.378 e. The van der Waals surface area contributed by atoms with Crippen molar-refractivity contribution in [3.63, 3.8) is 0 Å². The summed E-state index contributed by atoms with van der Waals surface area (Å²) in [5, 5.41) is 6.13. The fourth-order valence-corrected chi connectivity index (χ4v) is 3.41. The Morgan fingerprint density at radius 2 is 1.88 bits per heavy atom. The van der Waals surface area contributed by atoms with Gasteiger partial charge in [-0.1, -0.05) is 0 Å². The fraction of sp³-hybridized carbons (Fsp3) is 0.579. The summed E-state index contributed by atoms with van der Waals surface area (Å²) < 4.78 is 11.0. The van der Waals surface area contributed by atoms with Crippen LogP contribution in [0.2, 0.25) is 0 Å². The molecule has 3 rings (SSSR count). The molecule has 2 amide bonds. The molecule has 0 bridgehead atoms. The monoisotopic (exact) mass is 361 g/mol. The lowest BCUT2D eigenvalue weighted by Crippen LogP contribution is -2.48. The predicted octanol–water partition coefficient (Wildman–Crippen LogP) is 1.25. The summed E-state index contributed by atoms with van der Waals surface area (Å²) in [6.07, 6.45) is 0.446. The summed E-state index contributed by atoms with van der Waals surface area (Å²) in [5.74, 6) is -0.0728. The van der Waals surface area contributed by atoms with E-state index in [9.17, 15) is 9.59 Å². The second kappa shape index (κ2) is 8.62. The third-order valence-electron chi connectivity index (χ3n) is 4.55. The molecule has 2 aliphatic heterocycles. The molecule has 2 aliphatic rings. The standard InChI is InChI=1S/C19H27N3O4/c1-13-10-22(11-14(2)26-13)19(24)15-3-5-16(6-4-15)21-18(23)9-17-12-25-8-7-20-17/h3-6,13-14,17,20H,7-12H2,1-2H3,(H,21,23). The molecule has 7 nitrogen and oxygen atoms in total. The number of rotatable bonds is 4. The molecule has 142 valence electrons. The molecular formula is C19H27N3O4. The van der Waals surface area contributed by atoms with E-state index in [-0.39, 0.29) is 30.1 Å². The Morgan fingerprint density at radius 3 is 2.50 bits per heavy atom. The summed E-state index contributed by atoms with van der Waals surface area (Å²) in [4.78, 5) is 26.6. The average Bonchev–Trinajstić information content (AvgIpc) is 2.61. The van der Waals surface area contributed by atoms with E-state index >= 15 is 0 Å². The van der Waals surface area contributed by atoms with Crippen molar-refractivity contribution < 1.29 is 19.1 Å². The fourth-order valence-electron chi connectivity index (χ4n) is 3.41. The van der Waals surface area contributed by atoms with Crippen LogP contribution in [-0.2, 0) is 14.3 Å². The number of anilines is 1. The second-order valence-electron chi connectivity index (χ2n) is 7.02. The molecular weight excluding hydrogens is 334 g/mol. The van der Waals surface area contributed by atoms with Crippen LogP contribution in [0.1, 0.15) is 30.6 Å². The minimum absolute atomic E-state index is 0.00608. The van der Waals surface area contributed by atoms with Gasteiger partial charge in [-0.15, -0.1) is 0 Å². The number of hydrogen-bond donors (Lipinski definition) is 2. The van der Waals surface area contributed by atoms with E-state index in [0.29, 0.717) is 44.0 Å². The van der Waals surface area contributed by atoms with Crippen molar-refractivity contribution in [1.82, 2.24) is 10.2 Å². The Kier molecular flexibility index (Phi) is 6.24. The number of hydrogen-bond acceptors (Lipinski definition) is 5. The summed E-state index contributed by atoms with van der Waals surface area (Å²) in [7, 11) is 0. The number of benzene rings is 1. The van der Waals surface area contributed by atoms with Crippen molar-refractivity contribution in [1.29, 1.82) is 0 Å². The Balaban J connectivity index is 1.54. The number of amides is 2. The third kappa shape index (κ3) is 5.03. The van der Waals surface area contributed by atoms with Crippen LogP contribution in [0.15, 0.2) is 24.3 Å². The number of carbonyl (C=O) groups is 2. The molecule has 26 heavy (non-hydrogen) atoms. The lowest BCUT2D eigenvalue weighted by molar-refractivity contribution is -0.117. The minimum Gasteiger partial charge on any atom is -0.378 e. The predicted molar refractivity (Wildman–Crippen MR) is 98.2 cm³/mol. The van der Waals surface area contributed by atoms with Crippen LogP contribution in [-0.4, -0.2) is 67.8 Å². The van der Waals surface area contributed by atoms with E-state index in [0.717, 1.165) is 6.54 Å². The van der Waals surface area contributed by atoms with Gasteiger partial charge in [-0.3, -0.25) is 9.59 Å². The van der Waals surface area contributed by atoms with Crippen molar-refractivity contribution in [2.45, 2.75) is 38.5 Å². The van der Waals surface area contributed by atoms with Gasteiger partial charge < -0.3 is 25.0 Å². The van der Waals surface area contributed by atoms with Gasteiger partial charge in [-0.25, -0.2) is 0 Å². The molecule has 1 aromatic rings. The van der Waals surface area contributed by atoms with E-state index in [2.05, 4.69) is 10.6 Å². The maximum absolute atomic E-state index is 12.6. The Bertz CT molecular complexity index is 618. The van der Waals surface area contributed by atoms with E-state index in [4.69, 9.17) is 9.47 Å². The van der Waals surface area contributed by atoms with Gasteiger partial charge in [0.2, 0.25) is 5.91 Å². The van der Waals surface area contributed by atoms with Gasteiger partial charge in [0.1, 0.15) is 0 Å². The van der Waals surface area contributed by atoms with E-state index in [1.165, 1.54) is 0 Å². The molecule has 0 aromatic heterocycles. The number of nitrogens with one attached hydrogen (secondary N) is 2. The van der Waals surface area contributed by atoms with Crippen LogP contribution >= 0.6 is 0 Å². The van der Waals surface area contributed by atoms with Crippen LogP contribution in [0, 0.1) is 0 Å². The zero-order valence-corrected chi connectivity index (χ0v) is 15.4. The highest BCUT2D eigenvalue weighted by molar-refractivity contribution is 5.96. The summed E-state index contributed by atoms with van der Waals surface area (Å²) in [6.45, 7) is 7.15. The van der Waals surface area contributed by atoms with E-state index < -0.39 is 0 Å². The van der Waals surface area contributed by atoms with Crippen molar-refractivity contribution in [3.05, 3.63) is 29.8 Å². The summed E-state index contributed by atoms with van der Waals surface area (Å²) >= 11 is 0. The minimum atomic E-state index is -0.0668. The highest BCUT2D eigenvalue weighted by Gasteiger charge is 2.26. The first kappa shape index (κ1) is 18.8. The van der Waals surface area contributed by atoms with Gasteiger partial charge in [-0.05, 0) is 38.1 Å². The van der Waals surface area contributed by atoms with Gasteiger partial charge >= 0.3 is 0 Å². The van der Waals surface area contributed by atoms with Crippen LogP contribution < -0.4 is 10.6 Å². The number of carbonyl (C=O) groups excluding carboxylic acids is 2. The Labute approximate surface area is 154 Å². The number of morpholine rings is 2. The number of nitrogens with zero attached hydrogens (tertiary/aromatic N) is 1. The van der Waals surface area contributed by atoms with Crippen LogP contribution in [0.4, 0.5) is 5.69 Å². The molecule has 0 aliphatic carbocycles. The molecule has 2 saturated heterocycles. The highest BCUT2D eigenvalue weighted by Crippen LogP contribution is 2.16. The van der Waals surface area contributed by atoms with Crippen LogP contribution in [0.5, 0.6) is 0 Å². The molecule has 1 aromatic carbocycles. The van der Waals surface area contributed by atoms with Gasteiger partial charge in [-0.2, -0.15) is 0 Å². The molecule has 0 saturated carbocycles. The topological polar surface area (TPSA) is 79.9 Å². The molecule has 0 spiro atoms. The smallest absolute Gasteiger partial charge is 0.254 e. The normalized spacial score (nSPS) is 26.4. The molecule has 7 heteroatoms. The Hall–Kier alpha value is -1.96. The second-order valence-corrected chi connectivity index (χ2v) is 7.02. The van der Waals surface area contributed by atoms with Crippen molar-refractivity contribution >= 4 is 17.5 Å². The van der Waals surface area contributed by atoms with Crippen LogP contribution in [0.3, 0.4) is 0 Å². The zero-order valence-electron chi connectivity index (χ0n) is 15.4. The summed E-state index contributed by atoms with van der Waals surface area (Å²) in [6, 6.07) is 7.09. The quantitative estimate of drug-likeness (QED) is 0.844. The lowest BCUT2D eigenvalue weighted by atomic mass is 10.1. The molecule has 2 N–H and O–H groups in total. The average molecular weight is 361 g/mol. The highest BCUT2D eigenvalue weighted by atomic mass is 16.5. The van der Waals surface area contributed by atoms with Gasteiger partial charge in [0.25, 0.3) is 5.91 Å². The number of ether oxygens (including phenoxy) is 2. The molecule has 2 fully saturated rings. The van der Waals surface area contributed by atoms with E-state index in [1.54, 1.807) is 24.3 Å².